The molecule has 0 spiro atoms. The van der Waals surface area contributed by atoms with Crippen LogP contribution < -0.4 is 9.80 Å². The minimum absolute atomic E-state index is 0.0428. The van der Waals surface area contributed by atoms with E-state index in [9.17, 15) is 13.2 Å². The van der Waals surface area contributed by atoms with E-state index in [0.29, 0.717) is 32.6 Å². The van der Waals surface area contributed by atoms with Gasteiger partial charge in [-0.15, -0.1) is 0 Å². The number of piperazine rings is 1. The van der Waals surface area contributed by atoms with E-state index >= 15 is 0 Å². The lowest BCUT2D eigenvalue weighted by atomic mass is 10.1. The van der Waals surface area contributed by atoms with E-state index in [-0.39, 0.29) is 11.7 Å². The number of rotatable bonds is 4. The summed E-state index contributed by atoms with van der Waals surface area (Å²) in [4.78, 5) is 15.7. The van der Waals surface area contributed by atoms with E-state index in [1.807, 2.05) is 42.5 Å². The van der Waals surface area contributed by atoms with E-state index in [4.69, 9.17) is 0 Å². The van der Waals surface area contributed by atoms with Gasteiger partial charge in [0.1, 0.15) is 0 Å². The number of likely N-dealkylation sites (N-methyl/N-ethyl adjacent to an activating group) is 1. The Kier molecular flexibility index (Phi) is 4.65. The van der Waals surface area contributed by atoms with Crippen molar-refractivity contribution in [3.8, 4) is 0 Å². The number of anilines is 2. The number of amides is 1. The maximum atomic E-state index is 12.7. The van der Waals surface area contributed by atoms with Gasteiger partial charge in [-0.25, -0.2) is 8.42 Å². The van der Waals surface area contributed by atoms with Crippen LogP contribution in [0.25, 0.3) is 0 Å². The first kappa shape index (κ1) is 18.0. The molecule has 27 heavy (non-hydrogen) atoms. The SMILES string of the molecule is CN1C(=O)Cc2cc(N3CCN(S(=O)(=O)Cc4ccccc4)CC3)ccc21. The van der Waals surface area contributed by atoms with Gasteiger partial charge in [0, 0.05) is 44.6 Å². The highest BCUT2D eigenvalue weighted by atomic mass is 32.2. The summed E-state index contributed by atoms with van der Waals surface area (Å²) in [6, 6.07) is 15.3. The fourth-order valence-electron chi connectivity index (χ4n) is 3.75. The maximum absolute atomic E-state index is 12.7. The van der Waals surface area contributed by atoms with Crippen molar-refractivity contribution in [2.45, 2.75) is 12.2 Å². The molecule has 4 rings (SSSR count). The number of sulfonamides is 1. The molecule has 0 bridgehead atoms. The summed E-state index contributed by atoms with van der Waals surface area (Å²) in [5.74, 6) is 0.153. The molecule has 0 saturated carbocycles. The Hall–Kier alpha value is -2.38. The van der Waals surface area contributed by atoms with Crippen molar-refractivity contribution in [3.05, 3.63) is 59.7 Å². The van der Waals surface area contributed by atoms with E-state index in [0.717, 1.165) is 22.5 Å². The zero-order valence-electron chi connectivity index (χ0n) is 15.3. The molecular formula is C20H23N3O3S. The molecule has 0 atom stereocenters. The van der Waals surface area contributed by atoms with E-state index in [1.165, 1.54) is 0 Å². The number of hydrogen-bond acceptors (Lipinski definition) is 4. The van der Waals surface area contributed by atoms with Crippen LogP contribution in [-0.2, 0) is 27.0 Å². The summed E-state index contributed by atoms with van der Waals surface area (Å²) in [6.07, 6.45) is 0.436. The van der Waals surface area contributed by atoms with E-state index in [2.05, 4.69) is 11.0 Å². The molecule has 0 aliphatic carbocycles. The minimum atomic E-state index is -3.31. The summed E-state index contributed by atoms with van der Waals surface area (Å²) >= 11 is 0. The van der Waals surface area contributed by atoms with Crippen molar-refractivity contribution >= 4 is 27.3 Å². The van der Waals surface area contributed by atoms with Gasteiger partial charge in [0.25, 0.3) is 0 Å². The quantitative estimate of drug-likeness (QED) is 0.806. The molecule has 2 aliphatic heterocycles. The second-order valence-corrected chi connectivity index (χ2v) is 9.04. The average molecular weight is 385 g/mol. The van der Waals surface area contributed by atoms with Gasteiger partial charge >= 0.3 is 0 Å². The van der Waals surface area contributed by atoms with Crippen molar-refractivity contribution in [1.29, 1.82) is 0 Å². The lowest BCUT2D eigenvalue weighted by molar-refractivity contribution is -0.117. The van der Waals surface area contributed by atoms with Crippen LogP contribution in [0.1, 0.15) is 11.1 Å². The summed E-state index contributed by atoms with van der Waals surface area (Å²) in [5, 5.41) is 0. The lowest BCUT2D eigenvalue weighted by Gasteiger charge is -2.35. The predicted molar refractivity (Wildman–Crippen MR) is 106 cm³/mol. The fraction of sp³-hybridized carbons (Fsp3) is 0.350. The standard InChI is InChI=1S/C20H23N3O3S/c1-21-19-8-7-18(13-17(19)14-20(21)24)22-9-11-23(12-10-22)27(25,26)15-16-5-3-2-4-6-16/h2-8,13H,9-12,14-15H2,1H3. The molecule has 1 fully saturated rings. The Balaban J connectivity index is 1.42. The second kappa shape index (κ2) is 6.98. The Morgan fingerprint density at radius 3 is 2.37 bits per heavy atom. The molecule has 2 heterocycles. The van der Waals surface area contributed by atoms with Gasteiger partial charge in [0.2, 0.25) is 15.9 Å². The van der Waals surface area contributed by atoms with Gasteiger partial charge in [-0.2, -0.15) is 4.31 Å². The molecule has 6 nitrogen and oxygen atoms in total. The van der Waals surface area contributed by atoms with Crippen LogP contribution in [0.3, 0.4) is 0 Å². The van der Waals surface area contributed by atoms with Gasteiger partial charge < -0.3 is 9.80 Å². The Morgan fingerprint density at radius 1 is 0.963 bits per heavy atom. The van der Waals surface area contributed by atoms with Gasteiger partial charge in [0.05, 0.1) is 12.2 Å². The largest absolute Gasteiger partial charge is 0.369 e. The first-order chi connectivity index (χ1) is 12.9. The van der Waals surface area contributed by atoms with Crippen LogP contribution in [0, 0.1) is 0 Å². The highest BCUT2D eigenvalue weighted by Crippen LogP contribution is 2.31. The summed E-state index contributed by atoms with van der Waals surface area (Å²) in [5.41, 5.74) is 3.87. The number of nitrogens with zero attached hydrogens (tertiary/aromatic N) is 3. The third-order valence-corrected chi connectivity index (χ3v) is 7.18. The zero-order valence-corrected chi connectivity index (χ0v) is 16.2. The van der Waals surface area contributed by atoms with Crippen LogP contribution >= 0.6 is 0 Å². The molecule has 2 aliphatic rings. The highest BCUT2D eigenvalue weighted by molar-refractivity contribution is 7.88. The average Bonchev–Trinajstić information content (AvgIpc) is 2.96. The summed E-state index contributed by atoms with van der Waals surface area (Å²) in [7, 11) is -1.51. The molecule has 0 N–H and O–H groups in total. The topological polar surface area (TPSA) is 60.9 Å². The molecule has 7 heteroatoms. The molecule has 0 unspecified atom stereocenters. The van der Waals surface area contributed by atoms with Gasteiger partial charge in [-0.05, 0) is 29.3 Å². The van der Waals surface area contributed by atoms with Crippen molar-refractivity contribution in [3.63, 3.8) is 0 Å². The van der Waals surface area contributed by atoms with Crippen LogP contribution in [0.4, 0.5) is 11.4 Å². The molecular weight excluding hydrogens is 362 g/mol. The number of benzene rings is 2. The van der Waals surface area contributed by atoms with Gasteiger partial charge in [0.15, 0.2) is 0 Å². The summed E-state index contributed by atoms with van der Waals surface area (Å²) in [6.45, 7) is 2.25. The number of hydrogen-bond donors (Lipinski definition) is 0. The monoisotopic (exact) mass is 385 g/mol. The van der Waals surface area contributed by atoms with Crippen LogP contribution in [-0.4, -0.2) is 51.9 Å². The van der Waals surface area contributed by atoms with Gasteiger partial charge in [-0.1, -0.05) is 30.3 Å². The fourth-order valence-corrected chi connectivity index (χ4v) is 5.27. The van der Waals surface area contributed by atoms with Crippen molar-refractivity contribution in [1.82, 2.24) is 4.31 Å². The lowest BCUT2D eigenvalue weighted by Crippen LogP contribution is -2.49. The number of fused-ring (bicyclic) bond motifs is 1. The first-order valence-electron chi connectivity index (χ1n) is 9.10. The third kappa shape index (κ3) is 3.57. The zero-order chi connectivity index (χ0) is 19.0. The van der Waals surface area contributed by atoms with Gasteiger partial charge in [-0.3, -0.25) is 4.79 Å². The predicted octanol–water partition coefficient (Wildman–Crippen LogP) is 1.86. The number of carbonyl (C=O) groups is 1. The third-order valence-electron chi connectivity index (χ3n) is 5.33. The minimum Gasteiger partial charge on any atom is -0.369 e. The van der Waals surface area contributed by atoms with E-state index in [1.54, 1.807) is 16.3 Å². The van der Waals surface area contributed by atoms with Crippen molar-refractivity contribution < 1.29 is 13.2 Å². The van der Waals surface area contributed by atoms with Crippen LogP contribution in [0.15, 0.2) is 48.5 Å². The molecule has 2 aromatic carbocycles. The van der Waals surface area contributed by atoms with Crippen molar-refractivity contribution in [2.24, 2.45) is 0 Å². The summed E-state index contributed by atoms with van der Waals surface area (Å²) < 4.78 is 27.0. The van der Waals surface area contributed by atoms with Crippen molar-refractivity contribution in [2.75, 3.05) is 43.0 Å². The molecule has 1 saturated heterocycles. The molecule has 1 amide bonds. The van der Waals surface area contributed by atoms with E-state index < -0.39 is 10.0 Å². The Bertz CT molecular complexity index is 952. The molecule has 0 radical (unpaired) electrons. The Labute approximate surface area is 160 Å². The smallest absolute Gasteiger partial charge is 0.231 e. The molecule has 2 aromatic rings. The second-order valence-electron chi connectivity index (χ2n) is 7.07. The van der Waals surface area contributed by atoms with Crippen LogP contribution in [0.5, 0.6) is 0 Å². The number of carbonyl (C=O) groups excluding carboxylic acids is 1. The van der Waals surface area contributed by atoms with Crippen LogP contribution in [0.2, 0.25) is 0 Å². The normalized spacial score (nSPS) is 18.0. The maximum Gasteiger partial charge on any atom is 0.231 e. The molecule has 142 valence electrons. The first-order valence-corrected chi connectivity index (χ1v) is 10.7. The highest BCUT2D eigenvalue weighted by Gasteiger charge is 2.29. The Morgan fingerprint density at radius 2 is 1.67 bits per heavy atom. The molecule has 0 aromatic heterocycles.